The number of nitrogens with zero attached hydrogens (tertiary/aromatic N) is 3. The Labute approximate surface area is 171 Å². The van der Waals surface area contributed by atoms with Crippen molar-refractivity contribution in [3.05, 3.63) is 83.1 Å². The van der Waals surface area contributed by atoms with Crippen LogP contribution in [0.1, 0.15) is 16.2 Å². The zero-order chi connectivity index (χ0) is 19.5. The Balaban J connectivity index is 1.62. The number of rotatable bonds is 5. The van der Waals surface area contributed by atoms with Crippen LogP contribution in [0.2, 0.25) is 5.02 Å². The van der Waals surface area contributed by atoms with Gasteiger partial charge in [0.25, 0.3) is 5.91 Å². The first-order valence-electron chi connectivity index (χ1n) is 8.67. The molecule has 140 valence electrons. The van der Waals surface area contributed by atoms with Crippen molar-refractivity contribution in [3.8, 4) is 5.69 Å². The van der Waals surface area contributed by atoms with Gasteiger partial charge in [-0.05, 0) is 41.3 Å². The lowest BCUT2D eigenvalue weighted by atomic mass is 10.0. The number of carbonyl (C=O) groups excluding carboxylic acids is 1. The molecule has 28 heavy (non-hydrogen) atoms. The van der Waals surface area contributed by atoms with Crippen LogP contribution in [-0.2, 0) is 6.54 Å². The Bertz CT molecular complexity index is 1150. The molecule has 7 heteroatoms. The van der Waals surface area contributed by atoms with Gasteiger partial charge >= 0.3 is 0 Å². The minimum Gasteiger partial charge on any atom is -0.345 e. The van der Waals surface area contributed by atoms with Crippen molar-refractivity contribution < 1.29 is 4.79 Å². The molecule has 0 aliphatic carbocycles. The zero-order valence-electron chi connectivity index (χ0n) is 15.1. The molecule has 0 aliphatic heterocycles. The number of aromatic nitrogens is 3. The quantitative estimate of drug-likeness (QED) is 0.485. The van der Waals surface area contributed by atoms with E-state index in [9.17, 15) is 4.79 Å². The summed E-state index contributed by atoms with van der Waals surface area (Å²) in [6, 6.07) is 21.0. The fraction of sp³-hybridized carbons (Fsp3) is 0.0952. The average Bonchev–Trinajstić information content (AvgIpc) is 3.14. The van der Waals surface area contributed by atoms with Crippen LogP contribution in [0.5, 0.6) is 0 Å². The van der Waals surface area contributed by atoms with E-state index in [1.165, 1.54) is 11.8 Å². The molecular weight excluding hydrogens is 392 g/mol. The van der Waals surface area contributed by atoms with Crippen LogP contribution in [-0.4, -0.2) is 26.9 Å². The van der Waals surface area contributed by atoms with Crippen molar-refractivity contribution in [2.24, 2.45) is 0 Å². The molecule has 1 heterocycles. The van der Waals surface area contributed by atoms with Crippen molar-refractivity contribution in [2.75, 3.05) is 6.26 Å². The summed E-state index contributed by atoms with van der Waals surface area (Å²) in [5, 5.41) is 14.8. The fourth-order valence-corrected chi connectivity index (χ4v) is 3.80. The van der Waals surface area contributed by atoms with E-state index in [0.29, 0.717) is 16.4 Å². The lowest BCUT2D eigenvalue weighted by molar-refractivity contribution is 0.0951. The summed E-state index contributed by atoms with van der Waals surface area (Å²) in [4.78, 5) is 12.8. The monoisotopic (exact) mass is 408 g/mol. The van der Waals surface area contributed by atoms with E-state index in [2.05, 4.69) is 15.5 Å². The minimum absolute atomic E-state index is 0.150. The van der Waals surface area contributed by atoms with Crippen LogP contribution in [0.4, 0.5) is 0 Å². The van der Waals surface area contributed by atoms with Crippen molar-refractivity contribution >= 4 is 40.0 Å². The molecule has 0 unspecified atom stereocenters. The first-order valence-corrected chi connectivity index (χ1v) is 10.3. The standard InChI is InChI=1S/C21H17ClN4OS/c1-28-21-25-24-19(26(21)16-9-5-8-15(22)12-16)13-23-20(27)18-11-4-7-14-6-2-3-10-17(14)18/h2-12H,13H2,1H3,(H,23,27). The number of hydrogen-bond donors (Lipinski definition) is 1. The molecule has 5 nitrogen and oxygen atoms in total. The minimum atomic E-state index is -0.150. The third kappa shape index (κ3) is 3.61. The third-order valence-electron chi connectivity index (χ3n) is 4.39. The topological polar surface area (TPSA) is 59.8 Å². The van der Waals surface area contributed by atoms with Crippen molar-refractivity contribution in [3.63, 3.8) is 0 Å². The Morgan fingerprint density at radius 3 is 2.68 bits per heavy atom. The van der Waals surface area contributed by atoms with Crippen LogP contribution in [0.25, 0.3) is 16.5 Å². The molecule has 0 bridgehead atoms. The number of benzene rings is 3. The Hall–Kier alpha value is -2.83. The second-order valence-electron chi connectivity index (χ2n) is 6.13. The van der Waals surface area contributed by atoms with Gasteiger partial charge in [-0.1, -0.05) is 65.8 Å². The summed E-state index contributed by atoms with van der Waals surface area (Å²) in [6.07, 6.45) is 1.93. The number of fused-ring (bicyclic) bond motifs is 1. The molecule has 0 spiro atoms. The van der Waals surface area contributed by atoms with Crippen molar-refractivity contribution in [2.45, 2.75) is 11.7 Å². The number of thioether (sulfide) groups is 1. The first-order chi connectivity index (χ1) is 13.7. The summed E-state index contributed by atoms with van der Waals surface area (Å²) >= 11 is 7.62. The number of halogens is 1. The Morgan fingerprint density at radius 2 is 1.86 bits per heavy atom. The summed E-state index contributed by atoms with van der Waals surface area (Å²) < 4.78 is 1.90. The lowest BCUT2D eigenvalue weighted by Gasteiger charge is -2.11. The molecule has 0 saturated carbocycles. The second-order valence-corrected chi connectivity index (χ2v) is 7.34. The smallest absolute Gasteiger partial charge is 0.252 e. The molecule has 0 aliphatic rings. The van der Waals surface area contributed by atoms with E-state index in [1.54, 1.807) is 0 Å². The molecule has 0 fully saturated rings. The van der Waals surface area contributed by atoms with E-state index < -0.39 is 0 Å². The van der Waals surface area contributed by atoms with Gasteiger partial charge in [0, 0.05) is 10.6 Å². The van der Waals surface area contributed by atoms with E-state index >= 15 is 0 Å². The molecule has 0 radical (unpaired) electrons. The van der Waals surface area contributed by atoms with Crippen LogP contribution in [0.3, 0.4) is 0 Å². The fourth-order valence-electron chi connectivity index (χ4n) is 3.10. The molecule has 3 aromatic carbocycles. The van der Waals surface area contributed by atoms with Crippen LogP contribution < -0.4 is 5.32 Å². The van der Waals surface area contributed by atoms with E-state index in [-0.39, 0.29) is 12.5 Å². The molecule has 0 atom stereocenters. The maximum Gasteiger partial charge on any atom is 0.252 e. The van der Waals surface area contributed by atoms with Gasteiger partial charge in [-0.2, -0.15) is 0 Å². The van der Waals surface area contributed by atoms with Gasteiger partial charge in [0.05, 0.1) is 12.2 Å². The Kier molecular flexibility index (Phi) is 5.32. The largest absolute Gasteiger partial charge is 0.345 e. The highest BCUT2D eigenvalue weighted by Crippen LogP contribution is 2.23. The van der Waals surface area contributed by atoms with Gasteiger partial charge in [-0.25, -0.2) is 0 Å². The molecule has 1 aromatic heterocycles. The van der Waals surface area contributed by atoms with Crippen LogP contribution in [0, 0.1) is 0 Å². The zero-order valence-corrected chi connectivity index (χ0v) is 16.7. The number of hydrogen-bond acceptors (Lipinski definition) is 4. The van der Waals surface area contributed by atoms with E-state index in [1.807, 2.05) is 77.6 Å². The summed E-state index contributed by atoms with van der Waals surface area (Å²) in [7, 11) is 0. The van der Waals surface area contributed by atoms with Crippen molar-refractivity contribution in [1.82, 2.24) is 20.1 Å². The number of nitrogens with one attached hydrogen (secondary N) is 1. The molecule has 1 N–H and O–H groups in total. The number of amides is 1. The van der Waals surface area contributed by atoms with E-state index in [0.717, 1.165) is 21.6 Å². The molecular formula is C21H17ClN4OS. The highest BCUT2D eigenvalue weighted by Gasteiger charge is 2.16. The maximum atomic E-state index is 12.8. The Morgan fingerprint density at radius 1 is 1.07 bits per heavy atom. The van der Waals surface area contributed by atoms with Gasteiger partial charge < -0.3 is 5.32 Å². The van der Waals surface area contributed by atoms with Crippen LogP contribution in [0.15, 0.2) is 71.9 Å². The van der Waals surface area contributed by atoms with Gasteiger partial charge in [-0.3, -0.25) is 9.36 Å². The van der Waals surface area contributed by atoms with Gasteiger partial charge in [-0.15, -0.1) is 10.2 Å². The van der Waals surface area contributed by atoms with Gasteiger partial charge in [0.2, 0.25) is 0 Å². The first kappa shape index (κ1) is 18.5. The maximum absolute atomic E-state index is 12.8. The second kappa shape index (κ2) is 8.04. The van der Waals surface area contributed by atoms with E-state index in [4.69, 9.17) is 11.6 Å². The SMILES string of the molecule is CSc1nnc(CNC(=O)c2cccc3ccccc23)n1-c1cccc(Cl)c1. The molecule has 0 saturated heterocycles. The third-order valence-corrected chi connectivity index (χ3v) is 5.26. The van der Waals surface area contributed by atoms with Gasteiger partial charge in [0.15, 0.2) is 11.0 Å². The predicted octanol–water partition coefficient (Wildman–Crippen LogP) is 4.73. The molecule has 4 aromatic rings. The number of carbonyl (C=O) groups is 1. The average molecular weight is 409 g/mol. The highest BCUT2D eigenvalue weighted by molar-refractivity contribution is 7.98. The normalized spacial score (nSPS) is 10.9. The lowest BCUT2D eigenvalue weighted by Crippen LogP contribution is -2.24. The molecule has 1 amide bonds. The molecule has 4 rings (SSSR count). The van der Waals surface area contributed by atoms with Crippen molar-refractivity contribution in [1.29, 1.82) is 0 Å². The summed E-state index contributed by atoms with van der Waals surface area (Å²) in [5.74, 6) is 0.489. The predicted molar refractivity (Wildman–Crippen MR) is 113 cm³/mol. The van der Waals surface area contributed by atoms with Gasteiger partial charge in [0.1, 0.15) is 0 Å². The highest BCUT2D eigenvalue weighted by atomic mass is 35.5. The van der Waals surface area contributed by atoms with Crippen LogP contribution >= 0.6 is 23.4 Å². The summed E-state index contributed by atoms with van der Waals surface area (Å²) in [5.41, 5.74) is 1.49. The summed E-state index contributed by atoms with van der Waals surface area (Å²) in [6.45, 7) is 0.252.